The smallest absolute Gasteiger partial charge is 0.284 e. The summed E-state index contributed by atoms with van der Waals surface area (Å²) in [6.07, 6.45) is 0. The maximum absolute atomic E-state index is 11.3. The van der Waals surface area contributed by atoms with E-state index in [-0.39, 0.29) is 18.2 Å². The average Bonchev–Trinajstić information content (AvgIpc) is 2.48. The second kappa shape index (κ2) is 5.86. The highest BCUT2D eigenvalue weighted by molar-refractivity contribution is 7.99. The number of carbonyl (C=O) groups excluding carboxylic acids is 1. The molecule has 0 unspecified atom stereocenters. The van der Waals surface area contributed by atoms with Crippen molar-refractivity contribution in [1.29, 1.82) is 0 Å². The van der Waals surface area contributed by atoms with E-state index < -0.39 is 4.92 Å². The van der Waals surface area contributed by atoms with Gasteiger partial charge in [0.2, 0.25) is 0 Å². The van der Waals surface area contributed by atoms with Gasteiger partial charge in [0.1, 0.15) is 5.75 Å². The van der Waals surface area contributed by atoms with E-state index in [4.69, 9.17) is 16.3 Å². The molecule has 1 aliphatic heterocycles. The van der Waals surface area contributed by atoms with E-state index in [0.29, 0.717) is 21.4 Å². The van der Waals surface area contributed by atoms with E-state index in [1.807, 2.05) is 0 Å². The van der Waals surface area contributed by atoms with Crippen molar-refractivity contribution in [3.63, 3.8) is 0 Å². The number of amides is 1. The van der Waals surface area contributed by atoms with Crippen molar-refractivity contribution < 1.29 is 14.5 Å². The van der Waals surface area contributed by atoms with Gasteiger partial charge in [-0.15, -0.1) is 0 Å². The van der Waals surface area contributed by atoms with Crippen LogP contribution in [0.5, 0.6) is 5.75 Å². The number of nitrogens with one attached hydrogen (secondary N) is 1. The molecule has 1 N–H and O–H groups in total. The summed E-state index contributed by atoms with van der Waals surface area (Å²) in [7, 11) is 0. The number of ether oxygens (including phenoxy) is 1. The fourth-order valence-corrected chi connectivity index (χ4v) is 3.08. The normalized spacial score (nSPS) is 13.0. The molecule has 8 heteroatoms. The maximum Gasteiger partial charge on any atom is 0.284 e. The fraction of sp³-hybridized carbons (Fsp3) is 0.0714. The molecule has 0 saturated carbocycles. The number of nitro groups is 1. The van der Waals surface area contributed by atoms with Gasteiger partial charge in [0.25, 0.3) is 11.6 Å². The summed E-state index contributed by atoms with van der Waals surface area (Å²) < 4.78 is 5.27. The highest BCUT2D eigenvalue weighted by Crippen LogP contribution is 2.39. The first-order valence-electron chi connectivity index (χ1n) is 6.21. The summed E-state index contributed by atoms with van der Waals surface area (Å²) in [5, 5.41) is 14.1. The van der Waals surface area contributed by atoms with Crippen molar-refractivity contribution in [2.24, 2.45) is 0 Å². The van der Waals surface area contributed by atoms with Crippen LogP contribution in [0, 0.1) is 10.1 Å². The highest BCUT2D eigenvalue weighted by atomic mass is 35.5. The van der Waals surface area contributed by atoms with Gasteiger partial charge in [0.15, 0.2) is 6.61 Å². The topological polar surface area (TPSA) is 81.5 Å². The third-order valence-corrected chi connectivity index (χ3v) is 4.22. The number of hydrogen-bond acceptors (Lipinski definition) is 5. The van der Waals surface area contributed by atoms with Crippen LogP contribution >= 0.6 is 23.4 Å². The van der Waals surface area contributed by atoms with Gasteiger partial charge in [0, 0.05) is 16.0 Å². The van der Waals surface area contributed by atoms with Crippen LogP contribution in [0.25, 0.3) is 0 Å². The lowest BCUT2D eigenvalue weighted by Gasteiger charge is -2.18. The summed E-state index contributed by atoms with van der Waals surface area (Å²) in [6.45, 7) is -0.0118. The SMILES string of the molecule is O=C1COc2ccc(Sc3ccc(Cl)cc3[N+](=O)[O-])cc2N1. The number of nitrogens with zero attached hydrogens (tertiary/aromatic N) is 1. The molecule has 0 spiro atoms. The molecule has 0 radical (unpaired) electrons. The zero-order valence-corrected chi connectivity index (χ0v) is 12.6. The summed E-state index contributed by atoms with van der Waals surface area (Å²) >= 11 is 7.02. The van der Waals surface area contributed by atoms with Crippen LogP contribution in [-0.2, 0) is 4.79 Å². The van der Waals surface area contributed by atoms with Gasteiger partial charge in [-0.3, -0.25) is 14.9 Å². The van der Waals surface area contributed by atoms with Crippen LogP contribution in [-0.4, -0.2) is 17.4 Å². The number of nitro benzene ring substituents is 1. The van der Waals surface area contributed by atoms with Crippen molar-refractivity contribution in [3.05, 3.63) is 51.5 Å². The Bertz CT molecular complexity index is 781. The minimum atomic E-state index is -0.475. The first-order chi connectivity index (χ1) is 10.5. The van der Waals surface area contributed by atoms with Crippen molar-refractivity contribution in [2.75, 3.05) is 11.9 Å². The average molecular weight is 337 g/mol. The lowest BCUT2D eigenvalue weighted by molar-refractivity contribution is -0.387. The first-order valence-corrected chi connectivity index (χ1v) is 7.41. The maximum atomic E-state index is 11.3. The molecule has 0 aliphatic carbocycles. The standard InChI is InChI=1S/C14H9ClN2O4S/c15-8-1-4-13(11(5-8)17(19)20)22-9-2-3-12-10(6-9)16-14(18)7-21-12/h1-6H,7H2,(H,16,18). The molecular formula is C14H9ClN2O4S. The highest BCUT2D eigenvalue weighted by Gasteiger charge is 2.19. The van der Waals surface area contributed by atoms with Crippen molar-refractivity contribution in [1.82, 2.24) is 0 Å². The minimum absolute atomic E-state index is 0.0118. The van der Waals surface area contributed by atoms with Gasteiger partial charge in [-0.1, -0.05) is 23.4 Å². The van der Waals surface area contributed by atoms with E-state index in [1.165, 1.54) is 17.8 Å². The Labute approximate surface area is 134 Å². The quantitative estimate of drug-likeness (QED) is 0.682. The van der Waals surface area contributed by atoms with Gasteiger partial charge in [0.05, 0.1) is 15.5 Å². The number of fused-ring (bicyclic) bond motifs is 1. The van der Waals surface area contributed by atoms with Gasteiger partial charge in [-0.25, -0.2) is 0 Å². The summed E-state index contributed by atoms with van der Waals surface area (Å²) in [5.74, 6) is 0.349. The second-order valence-electron chi connectivity index (χ2n) is 4.47. The Morgan fingerprint density at radius 1 is 1.27 bits per heavy atom. The molecule has 6 nitrogen and oxygen atoms in total. The number of rotatable bonds is 3. The van der Waals surface area contributed by atoms with E-state index in [2.05, 4.69) is 5.32 Å². The van der Waals surface area contributed by atoms with Crippen LogP contribution in [0.3, 0.4) is 0 Å². The number of halogens is 1. The lowest BCUT2D eigenvalue weighted by atomic mass is 10.2. The van der Waals surface area contributed by atoms with Crippen LogP contribution in [0.4, 0.5) is 11.4 Å². The Balaban J connectivity index is 1.92. The predicted octanol–water partition coefficient (Wildman–Crippen LogP) is 3.73. The molecule has 112 valence electrons. The Hall–Kier alpha value is -2.25. The minimum Gasteiger partial charge on any atom is -0.482 e. The molecule has 2 aromatic rings. The van der Waals surface area contributed by atoms with Crippen LogP contribution in [0.15, 0.2) is 46.2 Å². The monoisotopic (exact) mass is 336 g/mol. The van der Waals surface area contributed by atoms with Crippen molar-refractivity contribution in [3.8, 4) is 5.75 Å². The number of benzene rings is 2. The largest absolute Gasteiger partial charge is 0.482 e. The van der Waals surface area contributed by atoms with Gasteiger partial charge in [-0.2, -0.15) is 0 Å². The van der Waals surface area contributed by atoms with E-state index in [1.54, 1.807) is 30.3 Å². The molecule has 0 bridgehead atoms. The molecule has 1 aliphatic rings. The molecule has 22 heavy (non-hydrogen) atoms. The lowest BCUT2D eigenvalue weighted by Crippen LogP contribution is -2.25. The molecule has 2 aromatic carbocycles. The molecule has 0 fully saturated rings. The molecule has 1 heterocycles. The molecule has 0 saturated heterocycles. The summed E-state index contributed by atoms with van der Waals surface area (Å²) in [5.41, 5.74) is 0.494. The van der Waals surface area contributed by atoms with E-state index in [0.717, 1.165) is 4.90 Å². The third-order valence-electron chi connectivity index (χ3n) is 2.93. The van der Waals surface area contributed by atoms with Crippen LogP contribution < -0.4 is 10.1 Å². The second-order valence-corrected chi connectivity index (χ2v) is 6.02. The number of hydrogen-bond donors (Lipinski definition) is 1. The predicted molar refractivity (Wildman–Crippen MR) is 82.8 cm³/mol. The fourth-order valence-electron chi connectivity index (χ4n) is 1.97. The van der Waals surface area contributed by atoms with Crippen LogP contribution in [0.2, 0.25) is 5.02 Å². The van der Waals surface area contributed by atoms with Crippen molar-refractivity contribution in [2.45, 2.75) is 9.79 Å². The zero-order valence-electron chi connectivity index (χ0n) is 11.0. The van der Waals surface area contributed by atoms with Crippen LogP contribution in [0.1, 0.15) is 0 Å². The van der Waals surface area contributed by atoms with E-state index >= 15 is 0 Å². The Morgan fingerprint density at radius 2 is 2.09 bits per heavy atom. The Morgan fingerprint density at radius 3 is 2.86 bits per heavy atom. The summed E-state index contributed by atoms with van der Waals surface area (Å²) in [6, 6.07) is 9.72. The molecule has 0 atom stereocenters. The number of anilines is 1. The first kappa shape index (κ1) is 14.7. The van der Waals surface area contributed by atoms with Gasteiger partial charge >= 0.3 is 0 Å². The molecular weight excluding hydrogens is 328 g/mol. The van der Waals surface area contributed by atoms with Gasteiger partial charge < -0.3 is 10.1 Å². The van der Waals surface area contributed by atoms with Gasteiger partial charge in [-0.05, 0) is 30.3 Å². The molecule has 3 rings (SSSR count). The molecule has 1 amide bonds. The third kappa shape index (κ3) is 3.00. The van der Waals surface area contributed by atoms with E-state index in [9.17, 15) is 14.9 Å². The zero-order chi connectivity index (χ0) is 15.7. The molecule has 0 aromatic heterocycles. The Kier molecular flexibility index (Phi) is 3.91. The summed E-state index contributed by atoms with van der Waals surface area (Å²) in [4.78, 5) is 23.2. The number of carbonyl (C=O) groups is 1. The van der Waals surface area contributed by atoms with Crippen molar-refractivity contribution >= 4 is 40.6 Å².